The molecular formula is C86H177N5O5. The maximum Gasteiger partial charge on any atom is 0.0667 e. The zero-order valence-corrected chi connectivity index (χ0v) is 66.1. The van der Waals surface area contributed by atoms with Gasteiger partial charge in [-0.15, -0.1) is 0 Å². The number of aliphatic hydroxyl groups is 5. The highest BCUT2D eigenvalue weighted by molar-refractivity contribution is 4.76. The van der Waals surface area contributed by atoms with Crippen LogP contribution in [-0.4, -0.2) is 179 Å². The van der Waals surface area contributed by atoms with Gasteiger partial charge in [-0.2, -0.15) is 0 Å². The number of aliphatic hydroxyl groups excluding tert-OH is 5. The van der Waals surface area contributed by atoms with Gasteiger partial charge in [-0.3, -0.25) is 19.6 Å². The van der Waals surface area contributed by atoms with Crippen molar-refractivity contribution in [1.29, 1.82) is 0 Å². The number of rotatable bonds is 80. The van der Waals surface area contributed by atoms with Gasteiger partial charge in [-0.05, 0) is 84.0 Å². The van der Waals surface area contributed by atoms with Crippen molar-refractivity contribution < 1.29 is 25.5 Å². The molecule has 1 saturated heterocycles. The van der Waals surface area contributed by atoms with Crippen molar-refractivity contribution in [1.82, 2.24) is 24.5 Å². The van der Waals surface area contributed by atoms with E-state index >= 15 is 0 Å². The third-order valence-electron chi connectivity index (χ3n) is 21.9. The summed E-state index contributed by atoms with van der Waals surface area (Å²) in [4.78, 5) is 12.9. The molecule has 0 bridgehead atoms. The molecule has 576 valence electrons. The molecule has 0 radical (unpaired) electrons. The summed E-state index contributed by atoms with van der Waals surface area (Å²) in [7, 11) is 0. The summed E-state index contributed by atoms with van der Waals surface area (Å²) in [5.74, 6) is 0. The van der Waals surface area contributed by atoms with E-state index in [0.29, 0.717) is 26.2 Å². The SMILES string of the molecule is CCCCCCCCCCC(O)CN(CCCCCCCCCCN(CC(O)CCCCCCCCCC)CC(O)CCCCCCCCCC)CCN1CCN(CCCCCCCCCCN(CC(O)CCCCCCCCCC)CC(O)CCCCCCCCCC)CC1. The topological polar surface area (TPSA) is 117 Å². The number of piperazine rings is 1. The van der Waals surface area contributed by atoms with Gasteiger partial charge in [0.2, 0.25) is 0 Å². The molecule has 0 aromatic carbocycles. The number of nitrogens with zero attached hydrogens (tertiary/aromatic N) is 5. The molecule has 0 spiro atoms. The zero-order valence-electron chi connectivity index (χ0n) is 66.1. The van der Waals surface area contributed by atoms with Crippen molar-refractivity contribution in [3.63, 3.8) is 0 Å². The van der Waals surface area contributed by atoms with Gasteiger partial charge in [0, 0.05) is 72.0 Å². The fourth-order valence-electron chi connectivity index (χ4n) is 15.3. The molecule has 5 N–H and O–H groups in total. The van der Waals surface area contributed by atoms with Crippen LogP contribution in [0.3, 0.4) is 0 Å². The molecule has 5 atom stereocenters. The van der Waals surface area contributed by atoms with Crippen LogP contribution in [0, 0.1) is 0 Å². The minimum Gasteiger partial charge on any atom is -0.392 e. The first-order valence-electron chi connectivity index (χ1n) is 44.2. The van der Waals surface area contributed by atoms with Crippen LogP contribution in [0.25, 0.3) is 0 Å². The van der Waals surface area contributed by atoms with E-state index in [1.54, 1.807) is 0 Å². The van der Waals surface area contributed by atoms with E-state index in [0.717, 1.165) is 110 Å². The van der Waals surface area contributed by atoms with Crippen LogP contribution in [0.5, 0.6) is 0 Å². The lowest BCUT2D eigenvalue weighted by atomic mass is 10.0. The van der Waals surface area contributed by atoms with Gasteiger partial charge in [-0.25, -0.2) is 0 Å². The Balaban J connectivity index is 2.50. The van der Waals surface area contributed by atoms with E-state index in [-0.39, 0.29) is 30.5 Å². The Morgan fingerprint density at radius 3 is 0.615 bits per heavy atom. The molecule has 0 amide bonds. The summed E-state index contributed by atoms with van der Waals surface area (Å²) in [6, 6.07) is 0. The Bertz CT molecular complexity index is 1420. The predicted molar refractivity (Wildman–Crippen MR) is 422 cm³/mol. The molecule has 1 heterocycles. The monoisotopic (exact) mass is 1360 g/mol. The molecule has 0 aromatic rings. The van der Waals surface area contributed by atoms with E-state index in [1.807, 2.05) is 0 Å². The minimum atomic E-state index is -0.290. The highest BCUT2D eigenvalue weighted by Crippen LogP contribution is 2.20. The van der Waals surface area contributed by atoms with Crippen LogP contribution in [0.2, 0.25) is 0 Å². The first-order chi connectivity index (χ1) is 47.1. The maximum atomic E-state index is 11.3. The number of hydrogen-bond donors (Lipinski definition) is 5. The molecule has 10 nitrogen and oxygen atoms in total. The molecule has 0 saturated carbocycles. The van der Waals surface area contributed by atoms with Gasteiger partial charge in [0.05, 0.1) is 30.5 Å². The first kappa shape index (κ1) is 93.6. The quantitative estimate of drug-likeness (QED) is 0.0377. The van der Waals surface area contributed by atoms with E-state index in [2.05, 4.69) is 59.1 Å². The molecule has 10 heteroatoms. The standard InChI is InChI=1S/C86H177N5O5/c1-6-11-16-21-26-35-44-53-62-82(92)77-89(68-59-50-41-32-34-43-52-61-70-91(80-85(95)65-56-47-38-29-24-19-14-9-4)81-86(96)66-57-48-39-30-25-20-15-10-5)76-75-88-73-71-87(72-74-88)67-58-49-40-31-33-42-51-60-69-90(78-83(93)63-54-45-36-27-22-17-12-7-2)79-84(94)64-55-46-37-28-23-18-13-8-3/h82-86,92-96H,6-81H2,1-5H3. The average Bonchev–Trinajstić information content (AvgIpc) is 1.89. The molecule has 1 fully saturated rings. The molecule has 96 heavy (non-hydrogen) atoms. The second kappa shape index (κ2) is 74.3. The summed E-state index contributed by atoms with van der Waals surface area (Å²) >= 11 is 0. The van der Waals surface area contributed by atoms with E-state index in [4.69, 9.17) is 0 Å². The van der Waals surface area contributed by atoms with Crippen molar-refractivity contribution in [3.8, 4) is 0 Å². The van der Waals surface area contributed by atoms with Gasteiger partial charge < -0.3 is 30.4 Å². The van der Waals surface area contributed by atoms with Crippen molar-refractivity contribution in [2.45, 2.75) is 457 Å². The first-order valence-corrected chi connectivity index (χ1v) is 44.2. The molecule has 0 aromatic heterocycles. The molecule has 5 unspecified atom stereocenters. The third-order valence-corrected chi connectivity index (χ3v) is 21.9. The van der Waals surface area contributed by atoms with Gasteiger partial charge >= 0.3 is 0 Å². The molecular weight excluding hydrogens is 1180 g/mol. The van der Waals surface area contributed by atoms with Crippen molar-refractivity contribution in [2.75, 3.05) is 98.2 Å². The molecule has 1 aliphatic rings. The van der Waals surface area contributed by atoms with Crippen molar-refractivity contribution >= 4 is 0 Å². The summed E-state index contributed by atoms with van der Waals surface area (Å²) in [6.45, 7) is 26.3. The molecule has 1 rings (SSSR count). The fourth-order valence-corrected chi connectivity index (χ4v) is 15.3. The van der Waals surface area contributed by atoms with Crippen LogP contribution in [-0.2, 0) is 0 Å². The highest BCUT2D eigenvalue weighted by Gasteiger charge is 2.21. The number of hydrogen-bond acceptors (Lipinski definition) is 10. The van der Waals surface area contributed by atoms with E-state index in [1.165, 1.54) is 354 Å². The lowest BCUT2D eigenvalue weighted by Crippen LogP contribution is -2.49. The van der Waals surface area contributed by atoms with Crippen molar-refractivity contribution in [2.24, 2.45) is 0 Å². The fraction of sp³-hybridized carbons (Fsp3) is 1.00. The molecule has 1 aliphatic heterocycles. The normalized spacial score (nSPS) is 15.1. The Morgan fingerprint density at radius 2 is 0.375 bits per heavy atom. The Morgan fingerprint density at radius 1 is 0.198 bits per heavy atom. The summed E-state index contributed by atoms with van der Waals surface area (Å²) in [5.41, 5.74) is 0. The van der Waals surface area contributed by atoms with Gasteiger partial charge in [0.1, 0.15) is 0 Å². The lowest BCUT2D eigenvalue weighted by molar-refractivity contribution is 0.0591. The number of unbranched alkanes of at least 4 members (excludes halogenated alkanes) is 49. The summed E-state index contributed by atoms with van der Waals surface area (Å²) in [6.07, 6.45) is 75.7. The smallest absolute Gasteiger partial charge is 0.0667 e. The average molecular weight is 1360 g/mol. The maximum absolute atomic E-state index is 11.3. The van der Waals surface area contributed by atoms with Crippen LogP contribution < -0.4 is 0 Å². The van der Waals surface area contributed by atoms with Crippen LogP contribution >= 0.6 is 0 Å². The van der Waals surface area contributed by atoms with Crippen LogP contribution in [0.4, 0.5) is 0 Å². The summed E-state index contributed by atoms with van der Waals surface area (Å²) < 4.78 is 0. The predicted octanol–water partition coefficient (Wildman–Crippen LogP) is 22.2. The Hall–Kier alpha value is -0.400. The summed E-state index contributed by atoms with van der Waals surface area (Å²) in [5, 5.41) is 55.8. The minimum absolute atomic E-state index is 0.218. The van der Waals surface area contributed by atoms with Gasteiger partial charge in [0.15, 0.2) is 0 Å². The molecule has 0 aliphatic carbocycles. The zero-order chi connectivity index (χ0) is 69.5. The Kier molecular flexibility index (Phi) is 72.5. The van der Waals surface area contributed by atoms with Gasteiger partial charge in [-0.1, -0.05) is 369 Å². The second-order valence-electron chi connectivity index (χ2n) is 31.7. The second-order valence-corrected chi connectivity index (χ2v) is 31.7. The lowest BCUT2D eigenvalue weighted by Gasteiger charge is -2.36. The highest BCUT2D eigenvalue weighted by atomic mass is 16.3. The largest absolute Gasteiger partial charge is 0.392 e. The van der Waals surface area contributed by atoms with Gasteiger partial charge in [0.25, 0.3) is 0 Å². The van der Waals surface area contributed by atoms with Crippen molar-refractivity contribution in [3.05, 3.63) is 0 Å². The van der Waals surface area contributed by atoms with E-state index in [9.17, 15) is 25.5 Å². The van der Waals surface area contributed by atoms with E-state index < -0.39 is 0 Å². The van der Waals surface area contributed by atoms with Crippen LogP contribution in [0.15, 0.2) is 0 Å². The Labute approximate surface area is 602 Å². The van der Waals surface area contributed by atoms with Crippen LogP contribution in [0.1, 0.15) is 426 Å². The third kappa shape index (κ3) is 65.6.